The molecule has 0 radical (unpaired) electrons. The second kappa shape index (κ2) is 8.77. The van der Waals surface area contributed by atoms with Gasteiger partial charge in [-0.3, -0.25) is 9.48 Å². The average Bonchev–Trinajstić information content (AvgIpc) is 3.37. The van der Waals surface area contributed by atoms with Gasteiger partial charge < -0.3 is 4.42 Å². The lowest BCUT2D eigenvalue weighted by Crippen LogP contribution is -2.22. The van der Waals surface area contributed by atoms with Crippen molar-refractivity contribution in [3.8, 4) is 11.3 Å². The van der Waals surface area contributed by atoms with E-state index in [0.717, 1.165) is 66.4 Å². The summed E-state index contributed by atoms with van der Waals surface area (Å²) in [6.45, 7) is 8.01. The second-order valence-corrected chi connectivity index (χ2v) is 8.87. The summed E-state index contributed by atoms with van der Waals surface area (Å²) < 4.78 is 21.2. The first-order valence-corrected chi connectivity index (χ1v) is 11.1. The van der Waals surface area contributed by atoms with E-state index in [1.165, 1.54) is 6.07 Å². The second-order valence-electron chi connectivity index (χ2n) is 8.87. The molecular formula is C25H30FN3O2. The number of oxazole rings is 1. The molecule has 0 saturated heterocycles. The third-order valence-corrected chi connectivity index (χ3v) is 6.21. The van der Waals surface area contributed by atoms with Gasteiger partial charge in [0.15, 0.2) is 11.7 Å². The van der Waals surface area contributed by atoms with Gasteiger partial charge in [0.05, 0.1) is 11.4 Å². The van der Waals surface area contributed by atoms with Crippen molar-refractivity contribution in [3.63, 3.8) is 0 Å². The van der Waals surface area contributed by atoms with Crippen molar-refractivity contribution in [2.45, 2.75) is 66.3 Å². The van der Waals surface area contributed by atoms with Crippen LogP contribution in [-0.4, -0.2) is 20.5 Å². The standard InChI is InChI=1S/C25H30FN3O2/c1-5-6-20-13-22(19-7-8-21(26)15(2)10-19)28-29(20)14-24(30)16(3)9-18-11-23-25(12-18)31-17(4)27-23/h7-8,10,13,16,18H,5-6,9,11-12,14H2,1-4H3. The highest BCUT2D eigenvalue weighted by molar-refractivity contribution is 5.80. The van der Waals surface area contributed by atoms with Gasteiger partial charge in [-0.2, -0.15) is 5.10 Å². The van der Waals surface area contributed by atoms with Gasteiger partial charge >= 0.3 is 0 Å². The molecule has 0 fully saturated rings. The molecule has 0 aliphatic heterocycles. The summed E-state index contributed by atoms with van der Waals surface area (Å²) in [4.78, 5) is 17.5. The number of hydrogen-bond donors (Lipinski definition) is 0. The van der Waals surface area contributed by atoms with Crippen LogP contribution in [0.3, 0.4) is 0 Å². The van der Waals surface area contributed by atoms with Crippen LogP contribution in [0.15, 0.2) is 28.7 Å². The van der Waals surface area contributed by atoms with E-state index in [4.69, 9.17) is 9.52 Å². The molecule has 31 heavy (non-hydrogen) atoms. The van der Waals surface area contributed by atoms with Gasteiger partial charge in [0.2, 0.25) is 0 Å². The smallest absolute Gasteiger partial charge is 0.191 e. The van der Waals surface area contributed by atoms with Crippen molar-refractivity contribution >= 4 is 5.78 Å². The Hall–Kier alpha value is -2.76. The number of Topliss-reactive ketones (excluding diaryl/α,β-unsaturated/α-hetero) is 1. The Bertz CT molecular complexity index is 1070. The van der Waals surface area contributed by atoms with Crippen LogP contribution < -0.4 is 0 Å². The zero-order valence-electron chi connectivity index (χ0n) is 18.7. The SMILES string of the molecule is CCCc1cc(-c2ccc(F)c(C)c2)nn1CC(=O)C(C)CC1Cc2nc(C)oc2C1. The third-order valence-electron chi connectivity index (χ3n) is 6.21. The molecule has 0 saturated carbocycles. The first-order chi connectivity index (χ1) is 14.8. The Kier molecular flexibility index (Phi) is 6.08. The minimum absolute atomic E-state index is 0.0507. The molecule has 1 aromatic carbocycles. The molecule has 0 bridgehead atoms. The van der Waals surface area contributed by atoms with Crippen LogP contribution in [0.1, 0.15) is 55.3 Å². The van der Waals surface area contributed by atoms with Gasteiger partial charge in [0.25, 0.3) is 0 Å². The van der Waals surface area contributed by atoms with Crippen molar-refractivity contribution in [1.82, 2.24) is 14.8 Å². The van der Waals surface area contributed by atoms with E-state index in [-0.39, 0.29) is 24.1 Å². The maximum absolute atomic E-state index is 13.7. The number of rotatable bonds is 8. The average molecular weight is 424 g/mol. The molecule has 6 heteroatoms. The molecule has 1 aliphatic rings. The molecule has 0 amide bonds. The van der Waals surface area contributed by atoms with Crippen molar-refractivity contribution in [1.29, 1.82) is 0 Å². The molecule has 5 nitrogen and oxygen atoms in total. The van der Waals surface area contributed by atoms with Crippen LogP contribution in [0.4, 0.5) is 4.39 Å². The lowest BCUT2D eigenvalue weighted by Gasteiger charge is -2.16. The number of hydrogen-bond acceptors (Lipinski definition) is 4. The van der Waals surface area contributed by atoms with Crippen LogP contribution in [-0.2, 0) is 30.6 Å². The molecule has 1 aliphatic carbocycles. The zero-order valence-corrected chi connectivity index (χ0v) is 18.7. The highest BCUT2D eigenvalue weighted by Crippen LogP contribution is 2.31. The quantitative estimate of drug-likeness (QED) is 0.496. The number of halogens is 1. The zero-order chi connectivity index (χ0) is 22.1. The number of carbonyl (C=O) groups excluding carboxylic acids is 1. The number of ketones is 1. The first-order valence-electron chi connectivity index (χ1n) is 11.1. The predicted molar refractivity (Wildman–Crippen MR) is 117 cm³/mol. The first kappa shape index (κ1) is 21.5. The fourth-order valence-electron chi connectivity index (χ4n) is 4.54. The Labute approximate surface area is 182 Å². The minimum Gasteiger partial charge on any atom is -0.446 e. The third kappa shape index (κ3) is 4.63. The Morgan fingerprint density at radius 2 is 2.10 bits per heavy atom. The van der Waals surface area contributed by atoms with E-state index in [9.17, 15) is 9.18 Å². The van der Waals surface area contributed by atoms with Crippen LogP contribution in [0, 0.1) is 31.5 Å². The van der Waals surface area contributed by atoms with Crippen LogP contribution >= 0.6 is 0 Å². The van der Waals surface area contributed by atoms with Crippen LogP contribution in [0.5, 0.6) is 0 Å². The van der Waals surface area contributed by atoms with E-state index in [0.29, 0.717) is 11.5 Å². The van der Waals surface area contributed by atoms with E-state index in [1.54, 1.807) is 19.1 Å². The molecular weight excluding hydrogens is 393 g/mol. The molecule has 4 rings (SSSR count). The van der Waals surface area contributed by atoms with Crippen molar-refractivity contribution in [2.75, 3.05) is 0 Å². The fourth-order valence-corrected chi connectivity index (χ4v) is 4.54. The molecule has 2 heterocycles. The largest absolute Gasteiger partial charge is 0.446 e. The summed E-state index contributed by atoms with van der Waals surface area (Å²) >= 11 is 0. The molecule has 2 aromatic heterocycles. The number of aryl methyl sites for hydroxylation is 3. The highest BCUT2D eigenvalue weighted by atomic mass is 19.1. The van der Waals surface area contributed by atoms with Gasteiger partial charge in [-0.05, 0) is 61.9 Å². The van der Waals surface area contributed by atoms with Crippen LogP contribution in [0.2, 0.25) is 0 Å². The van der Waals surface area contributed by atoms with Gasteiger partial charge in [-0.25, -0.2) is 9.37 Å². The van der Waals surface area contributed by atoms with Gasteiger partial charge in [0.1, 0.15) is 18.1 Å². The molecule has 164 valence electrons. The summed E-state index contributed by atoms with van der Waals surface area (Å²) in [6.07, 6.45) is 4.41. The fraction of sp³-hybridized carbons (Fsp3) is 0.480. The monoisotopic (exact) mass is 423 g/mol. The number of carbonyl (C=O) groups is 1. The minimum atomic E-state index is -0.223. The summed E-state index contributed by atoms with van der Waals surface area (Å²) in [5.41, 5.74) is 4.35. The Morgan fingerprint density at radius 1 is 1.29 bits per heavy atom. The van der Waals surface area contributed by atoms with Gasteiger partial charge in [0, 0.05) is 30.5 Å². The van der Waals surface area contributed by atoms with Crippen molar-refractivity contribution in [3.05, 3.63) is 58.7 Å². The molecule has 0 spiro atoms. The van der Waals surface area contributed by atoms with E-state index in [1.807, 2.05) is 24.6 Å². The molecule has 3 aromatic rings. The summed E-state index contributed by atoms with van der Waals surface area (Å²) in [5.74, 6) is 2.03. The van der Waals surface area contributed by atoms with E-state index < -0.39 is 0 Å². The molecule has 2 atom stereocenters. The van der Waals surface area contributed by atoms with Gasteiger partial charge in [-0.15, -0.1) is 0 Å². The number of benzene rings is 1. The van der Waals surface area contributed by atoms with E-state index in [2.05, 4.69) is 11.9 Å². The van der Waals surface area contributed by atoms with Gasteiger partial charge in [-0.1, -0.05) is 20.3 Å². The summed E-state index contributed by atoms with van der Waals surface area (Å²) in [7, 11) is 0. The Balaban J connectivity index is 1.44. The lowest BCUT2D eigenvalue weighted by atomic mass is 9.91. The number of nitrogens with zero attached hydrogens (tertiary/aromatic N) is 3. The molecule has 0 N–H and O–H groups in total. The summed E-state index contributed by atoms with van der Waals surface area (Å²) in [6, 6.07) is 7.05. The van der Waals surface area contributed by atoms with Crippen LogP contribution in [0.25, 0.3) is 11.3 Å². The normalized spacial score (nSPS) is 16.5. The number of fused-ring (bicyclic) bond motifs is 1. The Morgan fingerprint density at radius 3 is 2.81 bits per heavy atom. The highest BCUT2D eigenvalue weighted by Gasteiger charge is 2.29. The molecule has 2 unspecified atom stereocenters. The topological polar surface area (TPSA) is 60.9 Å². The van der Waals surface area contributed by atoms with Crippen molar-refractivity contribution < 1.29 is 13.6 Å². The van der Waals surface area contributed by atoms with Crippen molar-refractivity contribution in [2.24, 2.45) is 11.8 Å². The predicted octanol–water partition coefficient (Wildman–Crippen LogP) is 5.26. The maximum atomic E-state index is 13.7. The lowest BCUT2D eigenvalue weighted by molar-refractivity contribution is -0.123. The maximum Gasteiger partial charge on any atom is 0.191 e. The summed E-state index contributed by atoms with van der Waals surface area (Å²) in [5, 5.41) is 4.71. The number of aromatic nitrogens is 3. The van der Waals surface area contributed by atoms with E-state index >= 15 is 0 Å².